The molecule has 0 N–H and O–H groups in total. The number of likely N-dealkylation sites (N-methyl/N-ethyl adjacent to an activating group) is 1. The first-order chi connectivity index (χ1) is 13.5. The lowest BCUT2D eigenvalue weighted by Gasteiger charge is -2.49. The van der Waals surface area contributed by atoms with Crippen molar-refractivity contribution in [3.05, 3.63) is 42.1 Å². The van der Waals surface area contributed by atoms with Gasteiger partial charge in [-0.2, -0.15) is 0 Å². The average molecular weight is 380 g/mol. The Kier molecular flexibility index (Phi) is 5.06. The van der Waals surface area contributed by atoms with E-state index in [0.29, 0.717) is 6.42 Å². The Morgan fingerprint density at radius 1 is 1.00 bits per heavy atom. The second kappa shape index (κ2) is 7.51. The first-order valence-corrected chi connectivity index (χ1v) is 10.1. The van der Waals surface area contributed by atoms with Crippen LogP contribution in [-0.2, 0) is 4.79 Å². The minimum atomic E-state index is 0.0183. The number of carbonyl (C=O) groups excluding carboxylic acids is 1. The number of nitrogens with zero attached hydrogens (tertiary/aromatic N) is 5. The van der Waals surface area contributed by atoms with E-state index >= 15 is 0 Å². The summed E-state index contributed by atoms with van der Waals surface area (Å²) in [7, 11) is 4.12. The molecule has 1 amide bonds. The lowest BCUT2D eigenvalue weighted by Crippen LogP contribution is -2.61. The van der Waals surface area contributed by atoms with Gasteiger partial charge in [-0.15, -0.1) is 0 Å². The number of aromatic nitrogens is 2. The zero-order chi connectivity index (χ0) is 19.7. The minimum Gasteiger partial charge on any atom is -0.353 e. The van der Waals surface area contributed by atoms with Crippen LogP contribution in [-0.4, -0.2) is 71.5 Å². The molecule has 3 heterocycles. The van der Waals surface area contributed by atoms with Crippen molar-refractivity contribution in [1.29, 1.82) is 0 Å². The van der Waals surface area contributed by atoms with Crippen LogP contribution >= 0.6 is 0 Å². The summed E-state index contributed by atoms with van der Waals surface area (Å²) in [6.07, 6.45) is 2.52. The maximum atomic E-state index is 12.2. The molecule has 0 bridgehead atoms. The molecule has 148 valence electrons. The van der Waals surface area contributed by atoms with Gasteiger partial charge in [0.05, 0.1) is 0 Å². The minimum absolute atomic E-state index is 0.0183. The first-order valence-electron chi connectivity index (χ1n) is 10.1. The molecule has 28 heavy (non-hydrogen) atoms. The number of benzene rings is 1. The van der Waals surface area contributed by atoms with Crippen LogP contribution in [0.15, 0.2) is 36.4 Å². The molecule has 1 aromatic heterocycles. The number of hydrogen-bond acceptors (Lipinski definition) is 5. The van der Waals surface area contributed by atoms with E-state index in [1.807, 2.05) is 37.1 Å². The molecule has 2 saturated heterocycles. The molecule has 4 rings (SSSR count). The molecule has 0 aliphatic carbocycles. The zero-order valence-electron chi connectivity index (χ0n) is 17.1. The van der Waals surface area contributed by atoms with E-state index in [4.69, 9.17) is 4.98 Å². The number of rotatable bonds is 2. The van der Waals surface area contributed by atoms with Gasteiger partial charge in [-0.05, 0) is 26.8 Å². The standard InChI is InChI=1S/C22H29N5O/c1-17-15-19(24-21(23-17)18-7-5-4-6-8-18)27-14-13-26(3)22(16-27)10-9-20(28)25(2)12-11-22/h4-8,15H,9-14,16H2,1-3H3/t22-/m1/s1. The van der Waals surface area contributed by atoms with E-state index in [9.17, 15) is 4.79 Å². The maximum Gasteiger partial charge on any atom is 0.222 e. The lowest BCUT2D eigenvalue weighted by molar-refractivity contribution is -0.129. The molecule has 0 saturated carbocycles. The molecule has 0 unspecified atom stereocenters. The number of likely N-dealkylation sites (tertiary alicyclic amines) is 1. The fraction of sp³-hybridized carbons (Fsp3) is 0.500. The molecular weight excluding hydrogens is 350 g/mol. The number of hydrogen-bond donors (Lipinski definition) is 0. The van der Waals surface area contributed by atoms with Gasteiger partial charge in [0.1, 0.15) is 5.82 Å². The average Bonchev–Trinajstić information content (AvgIpc) is 2.85. The van der Waals surface area contributed by atoms with Crippen molar-refractivity contribution in [2.45, 2.75) is 31.7 Å². The Morgan fingerprint density at radius 2 is 1.79 bits per heavy atom. The second-order valence-electron chi connectivity index (χ2n) is 8.19. The van der Waals surface area contributed by atoms with Gasteiger partial charge in [0.2, 0.25) is 5.91 Å². The number of aryl methyl sites for hydroxylation is 1. The molecule has 1 aromatic carbocycles. The number of carbonyl (C=O) groups is 1. The molecule has 2 aliphatic rings. The molecule has 1 atom stereocenters. The van der Waals surface area contributed by atoms with E-state index < -0.39 is 0 Å². The Morgan fingerprint density at radius 3 is 2.57 bits per heavy atom. The first kappa shape index (κ1) is 18.9. The third-order valence-electron chi connectivity index (χ3n) is 6.34. The quantitative estimate of drug-likeness (QED) is 0.803. The van der Waals surface area contributed by atoms with E-state index in [1.165, 1.54) is 0 Å². The van der Waals surface area contributed by atoms with E-state index in [2.05, 4.69) is 40.0 Å². The Hall–Kier alpha value is -2.47. The van der Waals surface area contributed by atoms with Crippen LogP contribution in [0, 0.1) is 6.92 Å². The van der Waals surface area contributed by atoms with Crippen LogP contribution in [0.4, 0.5) is 5.82 Å². The van der Waals surface area contributed by atoms with Crippen LogP contribution in [0.2, 0.25) is 0 Å². The number of anilines is 1. The normalized spacial score (nSPS) is 23.9. The van der Waals surface area contributed by atoms with Crippen LogP contribution in [0.5, 0.6) is 0 Å². The van der Waals surface area contributed by atoms with Crippen LogP contribution in [0.3, 0.4) is 0 Å². The summed E-state index contributed by atoms with van der Waals surface area (Å²) in [5.41, 5.74) is 2.04. The van der Waals surface area contributed by atoms with Gasteiger partial charge in [0.15, 0.2) is 5.82 Å². The van der Waals surface area contributed by atoms with Crippen molar-refractivity contribution >= 4 is 11.7 Å². The van der Waals surface area contributed by atoms with Gasteiger partial charge < -0.3 is 9.80 Å². The van der Waals surface area contributed by atoms with Crippen molar-refractivity contribution < 1.29 is 4.79 Å². The second-order valence-corrected chi connectivity index (χ2v) is 8.19. The summed E-state index contributed by atoms with van der Waals surface area (Å²) in [5.74, 6) is 2.02. The Labute approximate surface area is 167 Å². The largest absolute Gasteiger partial charge is 0.353 e. The molecule has 2 aromatic rings. The molecule has 6 nitrogen and oxygen atoms in total. The zero-order valence-corrected chi connectivity index (χ0v) is 17.1. The highest BCUT2D eigenvalue weighted by molar-refractivity contribution is 5.76. The fourth-order valence-electron chi connectivity index (χ4n) is 4.38. The van der Waals surface area contributed by atoms with E-state index in [0.717, 1.165) is 61.9 Å². The number of amides is 1. The van der Waals surface area contributed by atoms with Crippen molar-refractivity contribution in [2.24, 2.45) is 0 Å². The van der Waals surface area contributed by atoms with Gasteiger partial charge in [-0.1, -0.05) is 30.3 Å². The molecule has 0 radical (unpaired) electrons. The lowest BCUT2D eigenvalue weighted by atomic mass is 9.86. The predicted molar refractivity (Wildman–Crippen MR) is 111 cm³/mol. The summed E-state index contributed by atoms with van der Waals surface area (Å²) in [5, 5.41) is 0. The highest BCUT2D eigenvalue weighted by Crippen LogP contribution is 2.33. The Balaban J connectivity index is 1.63. The fourth-order valence-corrected chi connectivity index (χ4v) is 4.38. The molecule has 2 aliphatic heterocycles. The van der Waals surface area contributed by atoms with Gasteiger partial charge >= 0.3 is 0 Å². The third-order valence-corrected chi connectivity index (χ3v) is 6.34. The summed E-state index contributed by atoms with van der Waals surface area (Å²) < 4.78 is 0. The summed E-state index contributed by atoms with van der Waals surface area (Å²) >= 11 is 0. The van der Waals surface area contributed by atoms with Crippen molar-refractivity contribution in [1.82, 2.24) is 19.8 Å². The Bertz CT molecular complexity index is 855. The van der Waals surface area contributed by atoms with Crippen molar-refractivity contribution in [3.63, 3.8) is 0 Å². The predicted octanol–water partition coefficient (Wildman–Crippen LogP) is 2.58. The van der Waals surface area contributed by atoms with Gasteiger partial charge in [0.25, 0.3) is 0 Å². The monoisotopic (exact) mass is 379 g/mol. The van der Waals surface area contributed by atoms with Gasteiger partial charge in [-0.3, -0.25) is 9.69 Å². The highest BCUT2D eigenvalue weighted by Gasteiger charge is 2.42. The van der Waals surface area contributed by atoms with Crippen molar-refractivity contribution in [3.8, 4) is 11.4 Å². The summed E-state index contributed by atoms with van der Waals surface area (Å²) in [4.78, 5) is 28.5. The number of piperazine rings is 1. The maximum absolute atomic E-state index is 12.2. The van der Waals surface area contributed by atoms with Gasteiger partial charge in [0, 0.05) is 62.5 Å². The molecular formula is C22H29N5O. The van der Waals surface area contributed by atoms with Crippen LogP contribution in [0.25, 0.3) is 11.4 Å². The van der Waals surface area contributed by atoms with E-state index in [-0.39, 0.29) is 11.4 Å². The summed E-state index contributed by atoms with van der Waals surface area (Å²) in [6.45, 7) is 5.65. The molecule has 2 fully saturated rings. The topological polar surface area (TPSA) is 52.6 Å². The van der Waals surface area contributed by atoms with Crippen molar-refractivity contribution in [2.75, 3.05) is 45.2 Å². The van der Waals surface area contributed by atoms with Crippen LogP contribution in [0.1, 0.15) is 25.0 Å². The highest BCUT2D eigenvalue weighted by atomic mass is 16.2. The smallest absolute Gasteiger partial charge is 0.222 e. The molecule has 6 heteroatoms. The van der Waals surface area contributed by atoms with Crippen LogP contribution < -0.4 is 4.90 Å². The van der Waals surface area contributed by atoms with Gasteiger partial charge in [-0.25, -0.2) is 9.97 Å². The molecule has 1 spiro atoms. The van der Waals surface area contributed by atoms with E-state index in [1.54, 1.807) is 0 Å². The summed E-state index contributed by atoms with van der Waals surface area (Å²) in [6, 6.07) is 12.2. The SMILES string of the molecule is Cc1cc(N2CCN(C)[C@@]3(CCC(=O)N(C)CC3)C2)nc(-c2ccccc2)n1. The third kappa shape index (κ3) is 3.61.